The number of amides is 2. The highest BCUT2D eigenvalue weighted by Gasteiger charge is 2.23. The van der Waals surface area contributed by atoms with E-state index >= 15 is 0 Å². The summed E-state index contributed by atoms with van der Waals surface area (Å²) in [5, 5.41) is 24.2. The van der Waals surface area contributed by atoms with Crippen molar-refractivity contribution in [3.05, 3.63) is 35.7 Å². The first kappa shape index (κ1) is 19.8. The van der Waals surface area contributed by atoms with Gasteiger partial charge in [-0.2, -0.15) is 4.98 Å². The largest absolute Gasteiger partial charge is 0.465 e. The van der Waals surface area contributed by atoms with Crippen LogP contribution in [0.15, 0.2) is 28.8 Å². The number of aliphatic hydroxyl groups is 1. The normalized spacial score (nSPS) is 14.8. The second-order valence-corrected chi connectivity index (χ2v) is 6.35. The SMILES string of the molecule is O=C(NCCO)c1ccc(-c2nc(COC3CCN(C(=O)O)CC3)no2)cc1. The Morgan fingerprint density at radius 2 is 1.96 bits per heavy atom. The topological polar surface area (TPSA) is 138 Å². The van der Waals surface area contributed by atoms with Gasteiger partial charge in [-0.25, -0.2) is 4.79 Å². The fraction of sp³-hybridized carbons (Fsp3) is 0.444. The number of ether oxygens (including phenoxy) is 1. The first-order valence-electron chi connectivity index (χ1n) is 8.98. The summed E-state index contributed by atoms with van der Waals surface area (Å²) in [5.41, 5.74) is 1.14. The number of nitrogens with zero attached hydrogens (tertiary/aromatic N) is 3. The highest BCUT2D eigenvalue weighted by Crippen LogP contribution is 2.19. The van der Waals surface area contributed by atoms with Gasteiger partial charge in [0.1, 0.15) is 6.61 Å². The Hall–Kier alpha value is -2.98. The summed E-state index contributed by atoms with van der Waals surface area (Å²) in [6, 6.07) is 6.68. The van der Waals surface area contributed by atoms with Crippen LogP contribution in [0, 0.1) is 0 Å². The van der Waals surface area contributed by atoms with Crippen molar-refractivity contribution in [1.29, 1.82) is 0 Å². The maximum atomic E-state index is 11.8. The summed E-state index contributed by atoms with van der Waals surface area (Å²) in [7, 11) is 0. The number of rotatable bonds is 7. The molecule has 0 spiro atoms. The van der Waals surface area contributed by atoms with Gasteiger partial charge >= 0.3 is 6.09 Å². The van der Waals surface area contributed by atoms with Crippen molar-refractivity contribution >= 4 is 12.0 Å². The summed E-state index contributed by atoms with van der Waals surface area (Å²) in [5.74, 6) is 0.455. The van der Waals surface area contributed by atoms with Crippen molar-refractivity contribution in [3.8, 4) is 11.5 Å². The van der Waals surface area contributed by atoms with Gasteiger partial charge in [-0.1, -0.05) is 5.16 Å². The van der Waals surface area contributed by atoms with Crippen LogP contribution in [0.2, 0.25) is 0 Å². The lowest BCUT2D eigenvalue weighted by Crippen LogP contribution is -2.40. The smallest absolute Gasteiger partial charge is 0.407 e. The average Bonchev–Trinajstić information content (AvgIpc) is 3.20. The van der Waals surface area contributed by atoms with Crippen molar-refractivity contribution in [1.82, 2.24) is 20.4 Å². The fourth-order valence-electron chi connectivity index (χ4n) is 2.87. The zero-order valence-corrected chi connectivity index (χ0v) is 15.2. The van der Waals surface area contributed by atoms with E-state index < -0.39 is 6.09 Å². The van der Waals surface area contributed by atoms with Gasteiger partial charge in [-0.15, -0.1) is 0 Å². The van der Waals surface area contributed by atoms with E-state index in [2.05, 4.69) is 15.5 Å². The van der Waals surface area contributed by atoms with E-state index in [0.717, 1.165) is 0 Å². The summed E-state index contributed by atoms with van der Waals surface area (Å²) in [6.45, 7) is 1.17. The number of carbonyl (C=O) groups is 2. The third kappa shape index (κ3) is 5.05. The molecule has 1 aliphatic heterocycles. The Morgan fingerprint density at radius 1 is 1.25 bits per heavy atom. The van der Waals surface area contributed by atoms with E-state index in [1.54, 1.807) is 24.3 Å². The fourth-order valence-corrected chi connectivity index (χ4v) is 2.87. The molecule has 2 amide bonds. The van der Waals surface area contributed by atoms with Gasteiger partial charge in [-0.3, -0.25) is 4.79 Å². The predicted molar refractivity (Wildman–Crippen MR) is 96.6 cm³/mol. The molecule has 0 aliphatic carbocycles. The lowest BCUT2D eigenvalue weighted by atomic mass is 10.1. The molecule has 1 aromatic heterocycles. The summed E-state index contributed by atoms with van der Waals surface area (Å²) >= 11 is 0. The number of hydrogen-bond acceptors (Lipinski definition) is 7. The second-order valence-electron chi connectivity index (χ2n) is 6.35. The van der Waals surface area contributed by atoms with E-state index in [4.69, 9.17) is 19.5 Å². The molecule has 1 fully saturated rings. The van der Waals surface area contributed by atoms with Gasteiger partial charge in [0, 0.05) is 30.8 Å². The lowest BCUT2D eigenvalue weighted by Gasteiger charge is -2.29. The molecule has 10 nitrogen and oxygen atoms in total. The summed E-state index contributed by atoms with van der Waals surface area (Å²) < 4.78 is 11.0. The molecule has 0 bridgehead atoms. The highest BCUT2D eigenvalue weighted by atomic mass is 16.5. The number of likely N-dealkylation sites (tertiary alicyclic amines) is 1. The molecule has 0 atom stereocenters. The monoisotopic (exact) mass is 390 g/mol. The highest BCUT2D eigenvalue weighted by molar-refractivity contribution is 5.94. The molecule has 28 heavy (non-hydrogen) atoms. The minimum Gasteiger partial charge on any atom is -0.465 e. The quantitative estimate of drug-likeness (QED) is 0.639. The molecule has 1 saturated heterocycles. The van der Waals surface area contributed by atoms with Crippen LogP contribution in [0.5, 0.6) is 0 Å². The van der Waals surface area contributed by atoms with Gasteiger partial charge in [0.25, 0.3) is 11.8 Å². The van der Waals surface area contributed by atoms with Crippen LogP contribution in [0.4, 0.5) is 4.79 Å². The second kappa shape index (κ2) is 9.29. The van der Waals surface area contributed by atoms with Crippen molar-refractivity contribution in [2.24, 2.45) is 0 Å². The zero-order valence-electron chi connectivity index (χ0n) is 15.2. The zero-order chi connectivity index (χ0) is 19.9. The van der Waals surface area contributed by atoms with Crippen LogP contribution >= 0.6 is 0 Å². The molecule has 0 saturated carbocycles. The van der Waals surface area contributed by atoms with Gasteiger partial charge in [-0.05, 0) is 37.1 Å². The summed E-state index contributed by atoms with van der Waals surface area (Å²) in [4.78, 5) is 28.4. The number of piperidine rings is 1. The molecular weight excluding hydrogens is 368 g/mol. The van der Waals surface area contributed by atoms with Crippen LogP contribution in [-0.2, 0) is 11.3 Å². The number of carboxylic acid groups (broad SMARTS) is 1. The molecule has 1 aromatic carbocycles. The van der Waals surface area contributed by atoms with Crippen LogP contribution < -0.4 is 5.32 Å². The number of benzene rings is 1. The molecular formula is C18H22N4O6. The first-order valence-corrected chi connectivity index (χ1v) is 8.98. The first-order chi connectivity index (χ1) is 13.6. The van der Waals surface area contributed by atoms with Crippen molar-refractivity contribution < 1.29 is 29.1 Å². The Bertz CT molecular complexity index is 799. The molecule has 3 rings (SSSR count). The van der Waals surface area contributed by atoms with Crippen molar-refractivity contribution in [3.63, 3.8) is 0 Å². The molecule has 10 heteroatoms. The Labute approximate surface area is 161 Å². The molecule has 0 radical (unpaired) electrons. The van der Waals surface area contributed by atoms with Gasteiger partial charge < -0.3 is 29.7 Å². The average molecular weight is 390 g/mol. The van der Waals surface area contributed by atoms with Crippen LogP contribution in [0.25, 0.3) is 11.5 Å². The molecule has 0 unspecified atom stereocenters. The van der Waals surface area contributed by atoms with Gasteiger partial charge in [0.2, 0.25) is 0 Å². The lowest BCUT2D eigenvalue weighted by molar-refractivity contribution is -0.00295. The standard InChI is InChI=1S/C18H22N4O6/c23-10-7-19-16(24)12-1-3-13(4-2-12)17-20-15(21-28-17)11-27-14-5-8-22(9-6-14)18(25)26/h1-4,14,23H,5-11H2,(H,19,24)(H,25,26). The maximum Gasteiger partial charge on any atom is 0.407 e. The molecule has 150 valence electrons. The number of aromatic nitrogens is 2. The number of aliphatic hydroxyl groups excluding tert-OH is 1. The minimum atomic E-state index is -0.904. The molecule has 2 heterocycles. The van der Waals surface area contributed by atoms with Gasteiger partial charge in [0.05, 0.1) is 12.7 Å². The third-order valence-electron chi connectivity index (χ3n) is 4.42. The van der Waals surface area contributed by atoms with Crippen molar-refractivity contribution in [2.75, 3.05) is 26.2 Å². The third-order valence-corrected chi connectivity index (χ3v) is 4.42. The van der Waals surface area contributed by atoms with Crippen LogP contribution in [0.3, 0.4) is 0 Å². The predicted octanol–water partition coefficient (Wildman–Crippen LogP) is 1.12. The number of hydrogen-bond donors (Lipinski definition) is 3. The van der Waals surface area contributed by atoms with E-state index in [0.29, 0.717) is 48.8 Å². The van der Waals surface area contributed by atoms with E-state index in [-0.39, 0.29) is 31.8 Å². The van der Waals surface area contributed by atoms with Gasteiger partial charge in [0.15, 0.2) is 5.82 Å². The Morgan fingerprint density at radius 3 is 2.61 bits per heavy atom. The minimum absolute atomic E-state index is 0.0331. The van der Waals surface area contributed by atoms with Crippen molar-refractivity contribution in [2.45, 2.75) is 25.6 Å². The number of carbonyl (C=O) groups excluding carboxylic acids is 1. The summed E-state index contributed by atoms with van der Waals surface area (Å²) in [6.07, 6.45) is 0.334. The molecule has 2 aromatic rings. The van der Waals surface area contributed by atoms with Crippen LogP contribution in [-0.4, -0.2) is 69.6 Å². The molecule has 3 N–H and O–H groups in total. The number of nitrogens with one attached hydrogen (secondary N) is 1. The maximum absolute atomic E-state index is 11.8. The van der Waals surface area contributed by atoms with E-state index in [1.165, 1.54) is 4.90 Å². The Kier molecular flexibility index (Phi) is 6.56. The Balaban J connectivity index is 1.51. The van der Waals surface area contributed by atoms with E-state index in [1.807, 2.05) is 0 Å². The van der Waals surface area contributed by atoms with E-state index in [9.17, 15) is 9.59 Å². The molecule has 1 aliphatic rings. The van der Waals surface area contributed by atoms with Crippen LogP contribution in [0.1, 0.15) is 29.0 Å².